The molecule has 19 heavy (non-hydrogen) atoms. The molecular formula is C15H17BrN2S. The van der Waals surface area contributed by atoms with Gasteiger partial charge in [-0.25, -0.2) is 4.98 Å². The summed E-state index contributed by atoms with van der Waals surface area (Å²) in [6, 6.07) is 8.27. The topological polar surface area (TPSA) is 28.7 Å². The molecule has 0 aliphatic heterocycles. The van der Waals surface area contributed by atoms with Gasteiger partial charge < -0.3 is 4.98 Å². The Bertz CT molecular complexity index is 651. The van der Waals surface area contributed by atoms with Gasteiger partial charge in [-0.05, 0) is 22.9 Å². The maximum Gasteiger partial charge on any atom is 0.144 e. The van der Waals surface area contributed by atoms with Crippen LogP contribution in [0.15, 0.2) is 28.7 Å². The summed E-state index contributed by atoms with van der Waals surface area (Å²) < 4.78 is 1.48. The van der Waals surface area contributed by atoms with E-state index in [1.807, 2.05) is 0 Å². The van der Waals surface area contributed by atoms with Gasteiger partial charge in [-0.1, -0.05) is 62.8 Å². The molecule has 0 saturated heterocycles. The molecule has 1 aromatic heterocycles. The van der Waals surface area contributed by atoms with E-state index in [9.17, 15) is 0 Å². The van der Waals surface area contributed by atoms with Crippen LogP contribution in [0, 0.1) is 11.6 Å². The predicted octanol–water partition coefficient (Wildman–Crippen LogP) is 5.17. The number of nitrogens with one attached hydrogen (secondary N) is 1. The van der Waals surface area contributed by atoms with Gasteiger partial charge in [0.2, 0.25) is 0 Å². The predicted molar refractivity (Wildman–Crippen MR) is 86.0 cm³/mol. The summed E-state index contributed by atoms with van der Waals surface area (Å²) >= 11 is 8.88. The second-order valence-corrected chi connectivity index (χ2v) is 6.88. The maximum absolute atomic E-state index is 5.34. The Hall–Kier alpha value is -1.00. The van der Waals surface area contributed by atoms with E-state index < -0.39 is 0 Å². The number of benzene rings is 1. The van der Waals surface area contributed by atoms with E-state index in [4.69, 9.17) is 12.2 Å². The maximum atomic E-state index is 5.34. The molecular weight excluding hydrogens is 320 g/mol. The van der Waals surface area contributed by atoms with Crippen molar-refractivity contribution >= 4 is 28.1 Å². The molecule has 1 N–H and O–H groups in total. The van der Waals surface area contributed by atoms with Crippen molar-refractivity contribution in [2.75, 3.05) is 0 Å². The van der Waals surface area contributed by atoms with Crippen LogP contribution in [0.1, 0.15) is 32.0 Å². The van der Waals surface area contributed by atoms with E-state index in [-0.39, 0.29) is 5.41 Å². The summed E-state index contributed by atoms with van der Waals surface area (Å²) in [4.78, 5) is 7.86. The van der Waals surface area contributed by atoms with Crippen molar-refractivity contribution in [1.82, 2.24) is 9.97 Å². The fourth-order valence-electron chi connectivity index (χ4n) is 1.82. The van der Waals surface area contributed by atoms with Gasteiger partial charge in [0.15, 0.2) is 0 Å². The quantitative estimate of drug-likeness (QED) is 0.727. The molecule has 1 aromatic carbocycles. The monoisotopic (exact) mass is 336 g/mol. The third-order valence-corrected chi connectivity index (χ3v) is 4.27. The first-order valence-electron chi connectivity index (χ1n) is 6.16. The van der Waals surface area contributed by atoms with Crippen molar-refractivity contribution in [3.63, 3.8) is 0 Å². The zero-order valence-electron chi connectivity index (χ0n) is 11.5. The summed E-state index contributed by atoms with van der Waals surface area (Å²) in [6.07, 6.45) is 0. The summed E-state index contributed by atoms with van der Waals surface area (Å²) in [5.74, 6) is 0.818. The van der Waals surface area contributed by atoms with Gasteiger partial charge in [0.1, 0.15) is 10.5 Å². The zero-order chi connectivity index (χ0) is 14.2. The molecule has 100 valence electrons. The molecule has 0 fully saturated rings. The van der Waals surface area contributed by atoms with Crippen LogP contribution in [-0.2, 0) is 5.41 Å². The van der Waals surface area contributed by atoms with E-state index in [1.165, 1.54) is 5.56 Å². The highest BCUT2D eigenvalue weighted by Crippen LogP contribution is 2.30. The number of aromatic nitrogens is 2. The van der Waals surface area contributed by atoms with Gasteiger partial charge in [0, 0.05) is 16.7 Å². The number of aromatic amines is 1. The van der Waals surface area contributed by atoms with Crippen LogP contribution in [0.2, 0.25) is 0 Å². The van der Waals surface area contributed by atoms with Crippen LogP contribution in [0.25, 0.3) is 11.4 Å². The minimum absolute atomic E-state index is 0.0191. The Morgan fingerprint density at radius 2 is 1.74 bits per heavy atom. The van der Waals surface area contributed by atoms with Crippen LogP contribution >= 0.6 is 28.1 Å². The number of hydrogen-bond donors (Lipinski definition) is 1. The van der Waals surface area contributed by atoms with Gasteiger partial charge in [-0.15, -0.1) is 0 Å². The lowest BCUT2D eigenvalue weighted by atomic mass is 9.92. The first-order valence-corrected chi connectivity index (χ1v) is 7.36. The fourth-order valence-corrected chi connectivity index (χ4v) is 2.80. The van der Waals surface area contributed by atoms with Crippen LogP contribution in [-0.4, -0.2) is 9.97 Å². The molecule has 0 aliphatic rings. The largest absolute Gasteiger partial charge is 0.342 e. The molecule has 0 bridgehead atoms. The first kappa shape index (κ1) is 14.4. The van der Waals surface area contributed by atoms with Crippen LogP contribution in [0.5, 0.6) is 0 Å². The Balaban J connectivity index is 2.63. The summed E-state index contributed by atoms with van der Waals surface area (Å²) in [6.45, 7) is 8.52. The molecule has 0 radical (unpaired) electrons. The number of aryl methyl sites for hydroxylation is 1. The Morgan fingerprint density at radius 1 is 1.16 bits per heavy atom. The highest BCUT2D eigenvalue weighted by Gasteiger charge is 2.20. The van der Waals surface area contributed by atoms with Crippen molar-refractivity contribution in [3.8, 4) is 11.4 Å². The zero-order valence-corrected chi connectivity index (χ0v) is 13.9. The fraction of sp³-hybridized carbons (Fsp3) is 0.333. The second kappa shape index (κ2) is 5.17. The molecule has 2 rings (SSSR count). The average Bonchev–Trinajstić information content (AvgIpc) is 2.32. The third-order valence-electron chi connectivity index (χ3n) is 2.94. The number of halogens is 1. The molecule has 0 aliphatic carbocycles. The molecule has 0 spiro atoms. The van der Waals surface area contributed by atoms with Crippen molar-refractivity contribution in [2.45, 2.75) is 33.1 Å². The summed E-state index contributed by atoms with van der Waals surface area (Å²) in [7, 11) is 0. The van der Waals surface area contributed by atoms with Crippen molar-refractivity contribution < 1.29 is 0 Å². The lowest BCUT2D eigenvalue weighted by Gasteiger charge is -2.21. The molecule has 2 nitrogen and oxygen atoms in total. The second-order valence-electron chi connectivity index (χ2n) is 5.70. The summed E-state index contributed by atoms with van der Waals surface area (Å²) in [5, 5.41) is 0. The summed E-state index contributed by atoms with van der Waals surface area (Å²) in [5.41, 5.74) is 3.34. The van der Waals surface area contributed by atoms with Crippen molar-refractivity contribution in [2.24, 2.45) is 0 Å². The molecule has 4 heteroatoms. The molecule has 0 amide bonds. The standard InChI is InChI=1S/C15H17BrN2S/c1-9-5-7-10(8-6-9)13-17-12(15(2,3)4)11(16)14(19)18-13/h5-8H,1-4H3,(H,17,18,19). The Morgan fingerprint density at radius 3 is 2.26 bits per heavy atom. The van der Waals surface area contributed by atoms with Gasteiger partial charge in [0.25, 0.3) is 0 Å². The third kappa shape index (κ3) is 3.12. The van der Waals surface area contributed by atoms with Crippen LogP contribution in [0.4, 0.5) is 0 Å². The molecule has 1 heterocycles. The molecule has 0 atom stereocenters. The van der Waals surface area contributed by atoms with Crippen molar-refractivity contribution in [3.05, 3.63) is 44.6 Å². The normalized spacial score (nSPS) is 11.6. The van der Waals surface area contributed by atoms with Crippen LogP contribution in [0.3, 0.4) is 0 Å². The minimum atomic E-state index is -0.0191. The SMILES string of the molecule is Cc1ccc(-c2nc(=S)c(Br)c(C(C)(C)C)[nH]2)cc1. The number of rotatable bonds is 1. The van der Waals surface area contributed by atoms with E-state index in [0.717, 1.165) is 21.6 Å². The van der Waals surface area contributed by atoms with E-state index in [2.05, 4.69) is 77.9 Å². The highest BCUT2D eigenvalue weighted by molar-refractivity contribution is 9.10. The smallest absolute Gasteiger partial charge is 0.144 e. The van der Waals surface area contributed by atoms with Crippen molar-refractivity contribution in [1.29, 1.82) is 0 Å². The van der Waals surface area contributed by atoms with E-state index in [1.54, 1.807) is 0 Å². The van der Waals surface area contributed by atoms with Gasteiger partial charge in [-0.2, -0.15) is 0 Å². The first-order chi connectivity index (χ1) is 8.79. The number of nitrogens with zero attached hydrogens (tertiary/aromatic N) is 1. The number of H-pyrrole nitrogens is 1. The molecule has 0 saturated carbocycles. The van der Waals surface area contributed by atoms with Gasteiger partial charge in [0.05, 0.1) is 4.47 Å². The van der Waals surface area contributed by atoms with Gasteiger partial charge in [-0.3, -0.25) is 0 Å². The minimum Gasteiger partial charge on any atom is -0.342 e. The average molecular weight is 337 g/mol. The molecule has 2 aromatic rings. The lowest BCUT2D eigenvalue weighted by Crippen LogP contribution is -2.16. The van der Waals surface area contributed by atoms with Gasteiger partial charge >= 0.3 is 0 Å². The highest BCUT2D eigenvalue weighted by atomic mass is 79.9. The lowest BCUT2D eigenvalue weighted by molar-refractivity contribution is 0.563. The van der Waals surface area contributed by atoms with Crippen LogP contribution < -0.4 is 0 Å². The number of hydrogen-bond acceptors (Lipinski definition) is 2. The molecule has 0 unspecified atom stereocenters. The van der Waals surface area contributed by atoms with E-state index >= 15 is 0 Å². The van der Waals surface area contributed by atoms with E-state index in [0.29, 0.717) is 4.64 Å². The Kier molecular flexibility index (Phi) is 3.92. The Labute approximate surface area is 127 Å².